The standard InChI is InChI=1S/C22H21Cl2N3O4S/c1-4-30-21(28)20-13(2)26-22(32-20)27-25-11-14-8-9-18(19(10-14)29-3)31-12-15-16(23)6-5-7-17(15)24/h5-11H,4,12H2,1-3H3,(H,26,27)/b25-11+. The number of halogens is 2. The molecule has 1 heterocycles. The zero-order valence-electron chi connectivity index (χ0n) is 17.6. The first-order chi connectivity index (χ1) is 15.4. The molecule has 0 aliphatic carbocycles. The number of thiazole rings is 1. The average Bonchev–Trinajstić information content (AvgIpc) is 3.14. The minimum absolute atomic E-state index is 0.204. The van der Waals surface area contributed by atoms with E-state index in [1.165, 1.54) is 11.3 Å². The van der Waals surface area contributed by atoms with Gasteiger partial charge in [0.05, 0.1) is 25.6 Å². The number of benzene rings is 2. The summed E-state index contributed by atoms with van der Waals surface area (Å²) < 4.78 is 16.3. The SMILES string of the molecule is CCOC(=O)c1sc(N/N=C/c2ccc(OCc3c(Cl)cccc3Cl)c(OC)c2)nc1C. The number of hydrogen-bond acceptors (Lipinski definition) is 8. The fraction of sp³-hybridized carbons (Fsp3) is 0.227. The number of aryl methyl sites for hydroxylation is 1. The Balaban J connectivity index is 1.66. The minimum atomic E-state index is -0.391. The van der Waals surface area contributed by atoms with E-state index in [9.17, 15) is 4.79 Å². The maximum atomic E-state index is 11.9. The van der Waals surface area contributed by atoms with Crippen molar-refractivity contribution in [3.8, 4) is 11.5 Å². The highest BCUT2D eigenvalue weighted by Gasteiger charge is 2.16. The number of carbonyl (C=O) groups is 1. The minimum Gasteiger partial charge on any atom is -0.493 e. The number of nitrogens with zero attached hydrogens (tertiary/aromatic N) is 2. The number of hydrazone groups is 1. The largest absolute Gasteiger partial charge is 0.493 e. The van der Waals surface area contributed by atoms with Gasteiger partial charge in [-0.1, -0.05) is 40.6 Å². The second-order valence-corrected chi connectivity index (χ2v) is 8.24. The third-order valence-electron chi connectivity index (χ3n) is 4.25. The summed E-state index contributed by atoms with van der Waals surface area (Å²) in [4.78, 5) is 16.6. The highest BCUT2D eigenvalue weighted by molar-refractivity contribution is 7.17. The Morgan fingerprint density at radius 1 is 1.22 bits per heavy atom. The molecule has 168 valence electrons. The van der Waals surface area contributed by atoms with Gasteiger partial charge in [-0.25, -0.2) is 9.78 Å². The molecule has 0 amide bonds. The molecule has 0 spiro atoms. The molecular weight excluding hydrogens is 473 g/mol. The van der Waals surface area contributed by atoms with Crippen molar-refractivity contribution in [3.63, 3.8) is 0 Å². The van der Waals surface area contributed by atoms with Crippen molar-refractivity contribution in [2.24, 2.45) is 5.10 Å². The van der Waals surface area contributed by atoms with Crippen molar-refractivity contribution in [1.82, 2.24) is 4.98 Å². The molecule has 7 nitrogen and oxygen atoms in total. The summed E-state index contributed by atoms with van der Waals surface area (Å²) in [5, 5.41) is 5.75. The van der Waals surface area contributed by atoms with Crippen LogP contribution in [0.3, 0.4) is 0 Å². The molecule has 0 bridgehead atoms. The van der Waals surface area contributed by atoms with Gasteiger partial charge in [0.1, 0.15) is 11.5 Å². The van der Waals surface area contributed by atoms with Crippen molar-refractivity contribution < 1.29 is 19.0 Å². The number of methoxy groups -OCH3 is 1. The Kier molecular flexibility index (Phi) is 8.33. The molecule has 32 heavy (non-hydrogen) atoms. The molecule has 0 radical (unpaired) electrons. The van der Waals surface area contributed by atoms with Gasteiger partial charge in [-0.3, -0.25) is 5.43 Å². The number of esters is 1. The molecule has 3 rings (SSSR count). The van der Waals surface area contributed by atoms with E-state index in [0.717, 1.165) is 5.56 Å². The number of carbonyl (C=O) groups excluding carboxylic acids is 1. The van der Waals surface area contributed by atoms with Crippen LogP contribution in [0.25, 0.3) is 0 Å². The summed E-state index contributed by atoms with van der Waals surface area (Å²) in [5.41, 5.74) is 4.90. The van der Waals surface area contributed by atoms with E-state index in [1.807, 2.05) is 6.07 Å². The smallest absolute Gasteiger partial charge is 0.350 e. The van der Waals surface area contributed by atoms with E-state index in [1.54, 1.807) is 57.5 Å². The fourth-order valence-electron chi connectivity index (χ4n) is 2.70. The predicted octanol–water partition coefficient (Wildman–Crippen LogP) is 5.97. The van der Waals surface area contributed by atoms with Crippen molar-refractivity contribution in [3.05, 3.63) is 68.1 Å². The Bertz CT molecular complexity index is 1110. The second kappa shape index (κ2) is 11.2. The van der Waals surface area contributed by atoms with Gasteiger partial charge in [0.25, 0.3) is 0 Å². The van der Waals surface area contributed by atoms with Crippen LogP contribution in [0.2, 0.25) is 10.0 Å². The summed E-state index contributed by atoms with van der Waals surface area (Å²) >= 11 is 13.6. The van der Waals surface area contributed by atoms with Crippen LogP contribution in [0.5, 0.6) is 11.5 Å². The average molecular weight is 494 g/mol. The Labute approximate surface area is 199 Å². The van der Waals surface area contributed by atoms with Gasteiger partial charge >= 0.3 is 5.97 Å². The van der Waals surface area contributed by atoms with Gasteiger partial charge in [0.15, 0.2) is 11.5 Å². The monoisotopic (exact) mass is 493 g/mol. The molecule has 0 saturated heterocycles. The molecule has 0 aliphatic rings. The van der Waals surface area contributed by atoms with E-state index in [4.69, 9.17) is 37.4 Å². The lowest BCUT2D eigenvalue weighted by molar-refractivity contribution is 0.0531. The topological polar surface area (TPSA) is 82.0 Å². The van der Waals surface area contributed by atoms with E-state index >= 15 is 0 Å². The highest BCUT2D eigenvalue weighted by Crippen LogP contribution is 2.31. The molecule has 1 N–H and O–H groups in total. The van der Waals surface area contributed by atoms with E-state index in [-0.39, 0.29) is 6.61 Å². The summed E-state index contributed by atoms with van der Waals surface area (Å²) in [7, 11) is 1.55. The third-order valence-corrected chi connectivity index (χ3v) is 6.00. The van der Waals surface area contributed by atoms with Crippen LogP contribution in [-0.2, 0) is 11.3 Å². The molecule has 0 fully saturated rings. The third kappa shape index (κ3) is 5.91. The van der Waals surface area contributed by atoms with Crippen LogP contribution in [0, 0.1) is 6.92 Å². The summed E-state index contributed by atoms with van der Waals surface area (Å²) in [6.07, 6.45) is 1.61. The molecule has 3 aromatic rings. The van der Waals surface area contributed by atoms with Gasteiger partial charge < -0.3 is 14.2 Å². The number of aromatic nitrogens is 1. The van der Waals surface area contributed by atoms with E-state index < -0.39 is 5.97 Å². The number of nitrogens with one attached hydrogen (secondary N) is 1. The van der Waals surface area contributed by atoms with Gasteiger partial charge in [0, 0.05) is 15.6 Å². The van der Waals surface area contributed by atoms with Crippen LogP contribution in [-0.4, -0.2) is 30.9 Å². The molecular formula is C22H21Cl2N3O4S. The molecule has 0 atom stereocenters. The van der Waals surface area contributed by atoms with Gasteiger partial charge in [0.2, 0.25) is 5.13 Å². The first-order valence-corrected chi connectivity index (χ1v) is 11.2. The maximum absolute atomic E-state index is 11.9. The van der Waals surface area contributed by atoms with Crippen LogP contribution < -0.4 is 14.9 Å². The number of ether oxygens (including phenoxy) is 3. The molecule has 1 aromatic heterocycles. The summed E-state index contributed by atoms with van der Waals surface area (Å²) in [6, 6.07) is 10.7. The first kappa shape index (κ1) is 23.8. The van der Waals surface area contributed by atoms with Gasteiger partial charge in [-0.05, 0) is 49.7 Å². The molecule has 0 aliphatic heterocycles. The van der Waals surface area contributed by atoms with Gasteiger partial charge in [-0.15, -0.1) is 0 Å². The van der Waals surface area contributed by atoms with E-state index in [2.05, 4.69) is 15.5 Å². The predicted molar refractivity (Wildman–Crippen MR) is 128 cm³/mol. The zero-order chi connectivity index (χ0) is 23.1. The van der Waals surface area contributed by atoms with Crippen LogP contribution >= 0.6 is 34.5 Å². The van der Waals surface area contributed by atoms with Crippen molar-refractivity contribution in [2.45, 2.75) is 20.5 Å². The maximum Gasteiger partial charge on any atom is 0.350 e. The Morgan fingerprint density at radius 2 is 1.97 bits per heavy atom. The van der Waals surface area contributed by atoms with Crippen LogP contribution in [0.15, 0.2) is 41.5 Å². The van der Waals surface area contributed by atoms with Crippen LogP contribution in [0.1, 0.15) is 33.4 Å². The normalized spacial score (nSPS) is 10.9. The van der Waals surface area contributed by atoms with E-state index in [0.29, 0.717) is 49.4 Å². The van der Waals surface area contributed by atoms with Gasteiger partial charge in [-0.2, -0.15) is 5.10 Å². The number of hydrogen-bond donors (Lipinski definition) is 1. The highest BCUT2D eigenvalue weighted by atomic mass is 35.5. The Hall–Kier alpha value is -2.81. The lowest BCUT2D eigenvalue weighted by atomic mass is 10.2. The number of anilines is 1. The quantitative estimate of drug-likeness (QED) is 0.224. The van der Waals surface area contributed by atoms with Crippen molar-refractivity contribution in [1.29, 1.82) is 0 Å². The number of rotatable bonds is 9. The fourth-order valence-corrected chi connectivity index (χ4v) is 4.01. The zero-order valence-corrected chi connectivity index (χ0v) is 20.0. The van der Waals surface area contributed by atoms with Crippen LogP contribution in [0.4, 0.5) is 5.13 Å². The van der Waals surface area contributed by atoms with Crippen molar-refractivity contribution in [2.75, 3.05) is 19.1 Å². The lowest BCUT2D eigenvalue weighted by Crippen LogP contribution is -2.03. The molecule has 2 aromatic carbocycles. The first-order valence-electron chi connectivity index (χ1n) is 9.60. The lowest BCUT2D eigenvalue weighted by Gasteiger charge is -2.13. The molecule has 0 unspecified atom stereocenters. The summed E-state index contributed by atoms with van der Waals surface area (Å²) in [6.45, 7) is 4.02. The molecule has 10 heteroatoms. The summed E-state index contributed by atoms with van der Waals surface area (Å²) in [5.74, 6) is 0.688. The molecule has 0 saturated carbocycles. The second-order valence-electron chi connectivity index (χ2n) is 6.42. The van der Waals surface area contributed by atoms with Crippen molar-refractivity contribution >= 4 is 51.9 Å². The Morgan fingerprint density at radius 3 is 2.66 bits per heavy atom.